The van der Waals surface area contributed by atoms with Gasteiger partial charge in [-0.15, -0.1) is 0 Å². The number of methoxy groups -OCH3 is 1. The summed E-state index contributed by atoms with van der Waals surface area (Å²) in [5.74, 6) is 0.329. The molecule has 2 aromatic carbocycles. The summed E-state index contributed by atoms with van der Waals surface area (Å²) in [6, 6.07) is 18.8. The van der Waals surface area contributed by atoms with Crippen LogP contribution in [0.25, 0.3) is 11.3 Å². The summed E-state index contributed by atoms with van der Waals surface area (Å²) in [6.45, 7) is 3.19. The van der Waals surface area contributed by atoms with E-state index in [1.807, 2.05) is 24.3 Å². The molecule has 3 heterocycles. The average molecular weight is 890 g/mol. The molecule has 4 amide bonds. The number of carbonyl (C=O) groups is 4. The molecule has 2 atom stereocenters. The van der Waals surface area contributed by atoms with Crippen LogP contribution in [-0.4, -0.2) is 119 Å². The number of likely N-dealkylation sites (tertiary alicyclic amines) is 1. The maximum atomic E-state index is 13.0. The lowest BCUT2D eigenvalue weighted by Gasteiger charge is -2.29. The Morgan fingerprint density at radius 1 is 0.825 bits per heavy atom. The molecule has 17 heteroatoms. The lowest BCUT2D eigenvalue weighted by atomic mass is 9.94. The van der Waals surface area contributed by atoms with Crippen LogP contribution in [-0.2, 0) is 33.3 Å². The number of hydrogen-bond acceptors (Lipinski definition) is 12. The number of ether oxygens (including phenoxy) is 6. The minimum absolute atomic E-state index is 0.0539. The first-order valence-corrected chi connectivity index (χ1v) is 21.6. The Labute approximate surface area is 372 Å². The van der Waals surface area contributed by atoms with Gasteiger partial charge in [0.05, 0.1) is 77.5 Å². The predicted octanol–water partition coefficient (Wildman–Crippen LogP) is 5.85. The molecule has 0 spiro atoms. The van der Waals surface area contributed by atoms with E-state index in [4.69, 9.17) is 44.4 Å². The summed E-state index contributed by atoms with van der Waals surface area (Å²) < 4.78 is 40.2. The molecule has 1 aliphatic heterocycles. The third-order valence-electron chi connectivity index (χ3n) is 10.8. The second kappa shape index (κ2) is 24.4. The van der Waals surface area contributed by atoms with E-state index in [0.29, 0.717) is 67.5 Å². The van der Waals surface area contributed by atoms with Gasteiger partial charge in [0.25, 0.3) is 5.91 Å². The SMILES string of the molecule is COc1cc(NC(=O)c2ccc(-c3ccc(Cl)cc3)o2)cc(OCCNC(=O)CCOCCOCCOC2CCC(OCCNC(=O)[C@H]3CC(=O)N(C)[C@@H]3c3cccnc3)CC2)c1. The average Bonchev–Trinajstić information content (AvgIpc) is 3.91. The number of benzene rings is 2. The van der Waals surface area contributed by atoms with E-state index in [0.717, 1.165) is 36.8 Å². The van der Waals surface area contributed by atoms with Gasteiger partial charge in [0.2, 0.25) is 17.7 Å². The van der Waals surface area contributed by atoms with Gasteiger partial charge >= 0.3 is 0 Å². The quantitative estimate of drug-likeness (QED) is 0.0713. The van der Waals surface area contributed by atoms with E-state index in [-0.39, 0.29) is 74.3 Å². The molecule has 4 aromatic rings. The third-order valence-corrected chi connectivity index (χ3v) is 11.0. The standard InChI is InChI=1S/C46H56ClN5O11/c1-52-43(54)29-39(44(52)32-4-3-16-48-30-32)45(55)50-18-21-60-35-9-11-36(12-10-35)62-25-24-59-23-22-58-19-15-42(53)49-17-20-61-38-27-34(26-37(28-38)57-2)51-46(56)41-14-13-40(63-41)31-5-7-33(47)8-6-31/h3-8,13-14,16,26-28,30,35-36,39,44H,9-12,15,17-25,29H2,1-2H3,(H,49,53)(H,50,55)(H,51,56)/t35?,36?,39-,44+/m0/s1. The predicted molar refractivity (Wildman–Crippen MR) is 234 cm³/mol. The lowest BCUT2D eigenvalue weighted by molar-refractivity contribution is -0.128. The number of rotatable bonds is 24. The number of halogens is 1. The van der Waals surface area contributed by atoms with Crippen LogP contribution in [0.4, 0.5) is 5.69 Å². The van der Waals surface area contributed by atoms with Crippen LogP contribution in [0, 0.1) is 5.92 Å². The van der Waals surface area contributed by atoms with Crippen molar-refractivity contribution >= 4 is 40.9 Å². The van der Waals surface area contributed by atoms with Gasteiger partial charge in [-0.05, 0) is 73.7 Å². The van der Waals surface area contributed by atoms with Gasteiger partial charge < -0.3 is 53.7 Å². The Bertz CT molecular complexity index is 2080. The van der Waals surface area contributed by atoms with Crippen LogP contribution >= 0.6 is 11.6 Å². The van der Waals surface area contributed by atoms with Gasteiger partial charge in [-0.1, -0.05) is 17.7 Å². The van der Waals surface area contributed by atoms with Gasteiger partial charge in [0, 0.05) is 73.3 Å². The maximum absolute atomic E-state index is 13.0. The molecule has 6 rings (SSSR count). The van der Waals surface area contributed by atoms with Crippen LogP contribution in [0.15, 0.2) is 83.5 Å². The zero-order valence-electron chi connectivity index (χ0n) is 35.7. The van der Waals surface area contributed by atoms with E-state index in [1.165, 1.54) is 7.11 Å². The number of anilines is 1. The number of aromatic nitrogens is 1. The van der Waals surface area contributed by atoms with Crippen molar-refractivity contribution in [3.63, 3.8) is 0 Å². The van der Waals surface area contributed by atoms with Crippen molar-refractivity contribution in [2.75, 3.05) is 78.8 Å². The van der Waals surface area contributed by atoms with E-state index in [2.05, 4.69) is 20.9 Å². The maximum Gasteiger partial charge on any atom is 0.291 e. The molecular weight excluding hydrogens is 834 g/mol. The fraction of sp³-hybridized carbons (Fsp3) is 0.457. The zero-order valence-corrected chi connectivity index (χ0v) is 36.4. The van der Waals surface area contributed by atoms with E-state index < -0.39 is 11.8 Å². The topological polar surface area (TPSA) is 189 Å². The summed E-state index contributed by atoms with van der Waals surface area (Å²) in [7, 11) is 3.24. The van der Waals surface area contributed by atoms with Crippen LogP contribution in [0.1, 0.15) is 60.7 Å². The largest absolute Gasteiger partial charge is 0.497 e. The molecule has 0 unspecified atom stereocenters. The minimum atomic E-state index is -0.464. The van der Waals surface area contributed by atoms with Crippen molar-refractivity contribution in [3.05, 3.63) is 95.5 Å². The minimum Gasteiger partial charge on any atom is -0.497 e. The van der Waals surface area contributed by atoms with Crippen LogP contribution in [0.3, 0.4) is 0 Å². The molecule has 63 heavy (non-hydrogen) atoms. The van der Waals surface area contributed by atoms with Gasteiger partial charge in [-0.3, -0.25) is 24.2 Å². The number of pyridine rings is 1. The van der Waals surface area contributed by atoms with Crippen molar-refractivity contribution in [1.29, 1.82) is 0 Å². The van der Waals surface area contributed by atoms with Gasteiger partial charge in [-0.25, -0.2) is 0 Å². The van der Waals surface area contributed by atoms with Crippen molar-refractivity contribution < 1.29 is 52.0 Å². The molecule has 338 valence electrons. The first-order valence-electron chi connectivity index (χ1n) is 21.2. The number of nitrogens with zero attached hydrogens (tertiary/aromatic N) is 2. The normalized spacial score (nSPS) is 18.5. The van der Waals surface area contributed by atoms with Crippen molar-refractivity contribution in [3.8, 4) is 22.8 Å². The van der Waals surface area contributed by atoms with Crippen LogP contribution in [0.5, 0.6) is 11.5 Å². The third kappa shape index (κ3) is 14.5. The van der Waals surface area contributed by atoms with E-state index in [1.54, 1.807) is 66.8 Å². The second-order valence-corrected chi connectivity index (χ2v) is 15.6. The molecule has 2 aromatic heterocycles. The molecule has 0 radical (unpaired) electrons. The van der Waals surface area contributed by atoms with E-state index >= 15 is 0 Å². The molecule has 0 bridgehead atoms. The summed E-state index contributed by atoms with van der Waals surface area (Å²) >= 11 is 5.97. The van der Waals surface area contributed by atoms with Crippen molar-refractivity contribution in [1.82, 2.24) is 20.5 Å². The zero-order chi connectivity index (χ0) is 44.4. The highest BCUT2D eigenvalue weighted by molar-refractivity contribution is 6.30. The Balaban J connectivity index is 0.746. The Hall–Kier alpha value is -5.52. The smallest absolute Gasteiger partial charge is 0.291 e. The van der Waals surface area contributed by atoms with Gasteiger partial charge in [0.15, 0.2) is 5.76 Å². The van der Waals surface area contributed by atoms with Crippen LogP contribution < -0.4 is 25.4 Å². The first kappa shape index (κ1) is 47.0. The fourth-order valence-corrected chi connectivity index (χ4v) is 7.61. The highest BCUT2D eigenvalue weighted by atomic mass is 35.5. The monoisotopic (exact) mass is 889 g/mol. The molecule has 2 aliphatic rings. The molecule has 1 saturated heterocycles. The second-order valence-electron chi connectivity index (χ2n) is 15.2. The van der Waals surface area contributed by atoms with Crippen LogP contribution in [0.2, 0.25) is 5.02 Å². The molecule has 1 aliphatic carbocycles. The first-order chi connectivity index (χ1) is 30.7. The molecular formula is C46H56ClN5O11. The number of nitrogens with one attached hydrogen (secondary N) is 3. The van der Waals surface area contributed by atoms with Gasteiger partial charge in [0.1, 0.15) is 23.9 Å². The Morgan fingerprint density at radius 2 is 1.52 bits per heavy atom. The number of carbonyl (C=O) groups excluding carboxylic acids is 4. The van der Waals surface area contributed by atoms with E-state index in [9.17, 15) is 19.2 Å². The number of furan rings is 1. The fourth-order valence-electron chi connectivity index (χ4n) is 7.48. The summed E-state index contributed by atoms with van der Waals surface area (Å²) in [5.41, 5.74) is 2.09. The Kier molecular flexibility index (Phi) is 18.2. The Morgan fingerprint density at radius 3 is 2.25 bits per heavy atom. The molecule has 2 fully saturated rings. The lowest BCUT2D eigenvalue weighted by Crippen LogP contribution is -2.37. The summed E-state index contributed by atoms with van der Waals surface area (Å²) in [4.78, 5) is 56.4. The highest BCUT2D eigenvalue weighted by Crippen LogP contribution is 2.37. The molecule has 1 saturated carbocycles. The number of hydrogen-bond donors (Lipinski definition) is 3. The van der Waals surface area contributed by atoms with Crippen molar-refractivity contribution in [2.45, 2.75) is 56.8 Å². The molecule has 3 N–H and O–H groups in total. The van der Waals surface area contributed by atoms with Gasteiger partial charge in [-0.2, -0.15) is 0 Å². The summed E-state index contributed by atoms with van der Waals surface area (Å²) in [5, 5.41) is 9.17. The molecule has 16 nitrogen and oxygen atoms in total. The number of amides is 4. The summed E-state index contributed by atoms with van der Waals surface area (Å²) in [6.07, 6.45) is 7.56. The van der Waals surface area contributed by atoms with Crippen molar-refractivity contribution in [2.24, 2.45) is 5.92 Å². The highest BCUT2D eigenvalue weighted by Gasteiger charge is 2.42.